The van der Waals surface area contributed by atoms with Crippen LogP contribution in [-0.4, -0.2) is 18.3 Å². The molecule has 26 heavy (non-hydrogen) atoms. The highest BCUT2D eigenvalue weighted by Gasteiger charge is 2.17. The van der Waals surface area contributed by atoms with E-state index in [1.165, 1.54) is 0 Å². The standard InChI is InChI=1S/C21H26O5/c1-3-5-7-9-14-24-17-13-11-12-16-18(22)20(21(23)26-19(16)17)25-15-10-8-6-4-2/h5-8,11-13,22H,3-4,9-10,14-15H2,1-2H3. The smallest absolute Gasteiger partial charge is 0.383 e. The van der Waals surface area contributed by atoms with Crippen molar-refractivity contribution in [2.45, 2.75) is 39.5 Å². The van der Waals surface area contributed by atoms with Crippen LogP contribution in [0.25, 0.3) is 11.0 Å². The average molecular weight is 358 g/mol. The number of hydrogen-bond donors (Lipinski definition) is 1. The molecule has 1 aromatic heterocycles. The Morgan fingerprint density at radius 2 is 1.65 bits per heavy atom. The van der Waals surface area contributed by atoms with Crippen LogP contribution in [0.3, 0.4) is 0 Å². The highest BCUT2D eigenvalue weighted by atomic mass is 16.5. The first-order valence-electron chi connectivity index (χ1n) is 9.03. The van der Waals surface area contributed by atoms with Crippen LogP contribution in [0.1, 0.15) is 39.5 Å². The number of ether oxygens (including phenoxy) is 2. The highest BCUT2D eigenvalue weighted by Crippen LogP contribution is 2.35. The van der Waals surface area contributed by atoms with Gasteiger partial charge in [-0.15, -0.1) is 0 Å². The van der Waals surface area contributed by atoms with Gasteiger partial charge in [0.15, 0.2) is 17.1 Å². The van der Waals surface area contributed by atoms with Crippen molar-refractivity contribution in [3.8, 4) is 17.2 Å². The summed E-state index contributed by atoms with van der Waals surface area (Å²) in [6.45, 7) is 4.86. The van der Waals surface area contributed by atoms with Crippen LogP contribution in [0.15, 0.2) is 51.7 Å². The Morgan fingerprint density at radius 1 is 1.00 bits per heavy atom. The quantitative estimate of drug-likeness (QED) is 0.369. The Kier molecular flexibility index (Phi) is 7.80. The number of fused-ring (bicyclic) bond motifs is 1. The van der Waals surface area contributed by atoms with Gasteiger partial charge in [0.05, 0.1) is 18.6 Å². The van der Waals surface area contributed by atoms with Crippen LogP contribution < -0.4 is 15.1 Å². The molecule has 0 saturated heterocycles. The summed E-state index contributed by atoms with van der Waals surface area (Å²) in [5.74, 6) is 0.0507. The number of para-hydroxylation sites is 1. The van der Waals surface area contributed by atoms with Gasteiger partial charge in [0.2, 0.25) is 5.75 Å². The summed E-state index contributed by atoms with van der Waals surface area (Å²) in [5, 5.41) is 10.8. The Morgan fingerprint density at radius 3 is 2.31 bits per heavy atom. The van der Waals surface area contributed by atoms with Gasteiger partial charge in [-0.25, -0.2) is 4.79 Å². The van der Waals surface area contributed by atoms with E-state index in [1.807, 2.05) is 25.2 Å². The molecule has 0 aliphatic heterocycles. The number of rotatable bonds is 10. The van der Waals surface area contributed by atoms with Gasteiger partial charge in [-0.1, -0.05) is 44.2 Å². The third-order valence-corrected chi connectivity index (χ3v) is 3.71. The molecule has 0 bridgehead atoms. The molecule has 1 N–H and O–H groups in total. The summed E-state index contributed by atoms with van der Waals surface area (Å²) in [7, 11) is 0. The van der Waals surface area contributed by atoms with Crippen molar-refractivity contribution in [3.63, 3.8) is 0 Å². The lowest BCUT2D eigenvalue weighted by Gasteiger charge is -2.10. The molecule has 0 amide bonds. The monoisotopic (exact) mass is 358 g/mol. The maximum Gasteiger partial charge on any atom is 0.383 e. The molecule has 0 radical (unpaired) electrons. The van der Waals surface area contributed by atoms with Crippen molar-refractivity contribution in [2.24, 2.45) is 0 Å². The summed E-state index contributed by atoms with van der Waals surface area (Å²) in [5.41, 5.74) is -0.482. The van der Waals surface area contributed by atoms with Gasteiger partial charge < -0.3 is 19.0 Å². The molecule has 0 aliphatic rings. The average Bonchev–Trinajstić information content (AvgIpc) is 2.64. The zero-order valence-corrected chi connectivity index (χ0v) is 15.4. The van der Waals surface area contributed by atoms with Gasteiger partial charge in [-0.2, -0.15) is 0 Å². The lowest BCUT2D eigenvalue weighted by Crippen LogP contribution is -2.08. The zero-order valence-electron chi connectivity index (χ0n) is 15.4. The van der Waals surface area contributed by atoms with E-state index in [0.717, 1.165) is 19.3 Å². The van der Waals surface area contributed by atoms with Gasteiger partial charge in [-0.05, 0) is 37.8 Å². The second-order valence-electron chi connectivity index (χ2n) is 5.73. The third-order valence-electron chi connectivity index (χ3n) is 3.71. The van der Waals surface area contributed by atoms with Crippen LogP contribution in [-0.2, 0) is 0 Å². The van der Waals surface area contributed by atoms with E-state index in [0.29, 0.717) is 30.8 Å². The molecule has 0 fully saturated rings. The molecule has 5 nitrogen and oxygen atoms in total. The van der Waals surface area contributed by atoms with Crippen LogP contribution >= 0.6 is 0 Å². The summed E-state index contributed by atoms with van der Waals surface area (Å²) >= 11 is 0. The Bertz CT molecular complexity index is 817. The van der Waals surface area contributed by atoms with E-state index in [-0.39, 0.29) is 17.1 Å². The number of hydrogen-bond acceptors (Lipinski definition) is 5. The van der Waals surface area contributed by atoms with Crippen LogP contribution in [0.2, 0.25) is 0 Å². The number of benzene rings is 1. The van der Waals surface area contributed by atoms with E-state index in [1.54, 1.807) is 18.2 Å². The molecule has 2 rings (SSSR count). The van der Waals surface area contributed by atoms with Crippen molar-refractivity contribution in [2.75, 3.05) is 13.2 Å². The maximum absolute atomic E-state index is 12.2. The van der Waals surface area contributed by atoms with Gasteiger partial charge in [0.25, 0.3) is 0 Å². The van der Waals surface area contributed by atoms with Crippen LogP contribution in [0, 0.1) is 0 Å². The van der Waals surface area contributed by atoms with E-state index >= 15 is 0 Å². The highest BCUT2D eigenvalue weighted by molar-refractivity contribution is 5.89. The summed E-state index contributed by atoms with van der Waals surface area (Å²) in [6.07, 6.45) is 11.4. The van der Waals surface area contributed by atoms with Crippen molar-refractivity contribution >= 4 is 11.0 Å². The van der Waals surface area contributed by atoms with E-state index in [4.69, 9.17) is 13.9 Å². The van der Waals surface area contributed by atoms with Crippen LogP contribution in [0.4, 0.5) is 0 Å². The summed E-state index contributed by atoms with van der Waals surface area (Å²) in [4.78, 5) is 12.2. The fourth-order valence-electron chi connectivity index (χ4n) is 2.44. The Balaban J connectivity index is 2.18. The first-order chi connectivity index (χ1) is 12.7. The molecule has 0 unspecified atom stereocenters. The molecular formula is C21H26O5. The summed E-state index contributed by atoms with van der Waals surface area (Å²) < 4.78 is 16.5. The van der Waals surface area contributed by atoms with Crippen molar-refractivity contribution in [3.05, 3.63) is 52.9 Å². The first-order valence-corrected chi connectivity index (χ1v) is 9.03. The summed E-state index contributed by atoms with van der Waals surface area (Å²) in [6, 6.07) is 5.12. The van der Waals surface area contributed by atoms with Crippen molar-refractivity contribution < 1.29 is 19.0 Å². The van der Waals surface area contributed by atoms with Crippen molar-refractivity contribution in [1.82, 2.24) is 0 Å². The Labute approximate surface area is 153 Å². The zero-order chi connectivity index (χ0) is 18.8. The molecular weight excluding hydrogens is 332 g/mol. The minimum atomic E-state index is -0.712. The first kappa shape index (κ1) is 19.6. The normalized spacial score (nSPS) is 11.6. The predicted molar refractivity (Wildman–Crippen MR) is 103 cm³/mol. The molecule has 5 heteroatoms. The minimum Gasteiger partial charge on any atom is -0.504 e. The topological polar surface area (TPSA) is 68.9 Å². The lowest BCUT2D eigenvalue weighted by atomic mass is 10.2. The fourth-order valence-corrected chi connectivity index (χ4v) is 2.44. The molecule has 0 aliphatic carbocycles. The Hall–Kier alpha value is -2.69. The molecule has 0 saturated carbocycles. The minimum absolute atomic E-state index is 0.162. The number of aromatic hydroxyl groups is 1. The predicted octanol–water partition coefficient (Wildman–Crippen LogP) is 4.97. The molecule has 0 spiro atoms. The second-order valence-corrected chi connectivity index (χ2v) is 5.73. The van der Waals surface area contributed by atoms with Crippen LogP contribution in [0.5, 0.6) is 17.2 Å². The van der Waals surface area contributed by atoms with E-state index in [9.17, 15) is 9.90 Å². The second kappa shape index (κ2) is 10.3. The fraction of sp³-hybridized carbons (Fsp3) is 0.381. The third kappa shape index (κ3) is 5.15. The molecule has 1 heterocycles. The van der Waals surface area contributed by atoms with Crippen molar-refractivity contribution in [1.29, 1.82) is 0 Å². The van der Waals surface area contributed by atoms with E-state index in [2.05, 4.69) is 13.0 Å². The lowest BCUT2D eigenvalue weighted by molar-refractivity contribution is 0.287. The maximum atomic E-state index is 12.2. The SMILES string of the molecule is CCC=CCCOc1c(O)c2cccc(OCCC=CCC)c2oc1=O. The molecule has 140 valence electrons. The largest absolute Gasteiger partial charge is 0.504 e. The van der Waals surface area contributed by atoms with Gasteiger partial charge in [-0.3, -0.25) is 0 Å². The molecule has 0 atom stereocenters. The molecule has 2 aromatic rings. The molecule has 1 aromatic carbocycles. The van der Waals surface area contributed by atoms with Gasteiger partial charge >= 0.3 is 5.63 Å². The van der Waals surface area contributed by atoms with E-state index < -0.39 is 5.63 Å². The van der Waals surface area contributed by atoms with Gasteiger partial charge in [0.1, 0.15) is 0 Å². The number of allylic oxidation sites excluding steroid dienone is 2. The van der Waals surface area contributed by atoms with Gasteiger partial charge in [0, 0.05) is 0 Å².